The fourth-order valence-electron chi connectivity index (χ4n) is 3.56. The van der Waals surface area contributed by atoms with Crippen LogP contribution in [0, 0.1) is 0 Å². The van der Waals surface area contributed by atoms with Gasteiger partial charge in [-0.05, 0) is 43.6 Å². The molecule has 0 N–H and O–H groups in total. The average molecular weight is 432 g/mol. The van der Waals surface area contributed by atoms with Crippen molar-refractivity contribution < 1.29 is 18.6 Å². The zero-order valence-corrected chi connectivity index (χ0v) is 20.7. The van der Waals surface area contributed by atoms with Crippen molar-refractivity contribution in [2.45, 2.75) is 77.3 Å². The summed E-state index contributed by atoms with van der Waals surface area (Å²) >= 11 is 0. The van der Waals surface area contributed by atoms with Gasteiger partial charge >= 0.3 is 0 Å². The largest absolute Gasteiger partial charge is 0.495 e. The maximum Gasteiger partial charge on any atom is 0.192 e. The van der Waals surface area contributed by atoms with Crippen LogP contribution in [0.5, 0.6) is 5.75 Å². The molecule has 0 aliphatic carbocycles. The Morgan fingerprint density at radius 3 is 2.33 bits per heavy atom. The second-order valence-corrected chi connectivity index (χ2v) is 14.9. The summed E-state index contributed by atoms with van der Waals surface area (Å²) in [5.74, 6) is 0.133. The molecule has 2 aromatic rings. The van der Waals surface area contributed by atoms with Crippen molar-refractivity contribution >= 4 is 8.32 Å². The molecule has 30 heavy (non-hydrogen) atoms. The zero-order valence-electron chi connectivity index (χ0n) is 19.7. The molecule has 1 aliphatic rings. The van der Waals surface area contributed by atoms with Gasteiger partial charge in [0.2, 0.25) is 0 Å². The molecule has 1 saturated heterocycles. The van der Waals surface area contributed by atoms with E-state index in [9.17, 15) is 0 Å². The van der Waals surface area contributed by atoms with Gasteiger partial charge in [-0.3, -0.25) is 0 Å². The van der Waals surface area contributed by atoms with Crippen LogP contribution in [0.15, 0.2) is 42.6 Å². The van der Waals surface area contributed by atoms with Crippen molar-refractivity contribution in [3.8, 4) is 5.75 Å². The fourth-order valence-corrected chi connectivity index (χ4v) is 4.57. The van der Waals surface area contributed by atoms with Crippen LogP contribution in [0.2, 0.25) is 18.1 Å². The highest BCUT2D eigenvalue weighted by atomic mass is 28.4. The minimum Gasteiger partial charge on any atom is -0.495 e. The fraction of sp³-hybridized carbons (Fsp3) is 0.583. The molecule has 1 aromatic carbocycles. The highest BCUT2D eigenvalue weighted by Crippen LogP contribution is 2.44. The van der Waals surface area contributed by atoms with Gasteiger partial charge < -0.3 is 23.2 Å². The number of hydrogen-bond acceptors (Lipinski definition) is 4. The lowest BCUT2D eigenvalue weighted by atomic mass is 10.1. The molecule has 0 amide bonds. The Morgan fingerprint density at radius 1 is 1.07 bits per heavy atom. The summed E-state index contributed by atoms with van der Waals surface area (Å²) in [4.78, 5) is 0. The van der Waals surface area contributed by atoms with E-state index >= 15 is 0 Å². The molecule has 6 heteroatoms. The molecule has 2 atom stereocenters. The van der Waals surface area contributed by atoms with E-state index in [1.165, 1.54) is 5.56 Å². The molecule has 1 aliphatic heterocycles. The number of benzene rings is 1. The van der Waals surface area contributed by atoms with Crippen LogP contribution >= 0.6 is 0 Å². The highest BCUT2D eigenvalue weighted by Gasteiger charge is 2.46. The van der Waals surface area contributed by atoms with Gasteiger partial charge in [0.05, 0.1) is 19.4 Å². The molecule has 1 aromatic heterocycles. The third-order valence-electron chi connectivity index (χ3n) is 6.25. The molecule has 1 fully saturated rings. The molecule has 0 saturated carbocycles. The summed E-state index contributed by atoms with van der Waals surface area (Å²) in [6.07, 6.45) is 1.59. The third-order valence-corrected chi connectivity index (χ3v) is 10.8. The number of ether oxygens (including phenoxy) is 3. The van der Waals surface area contributed by atoms with Crippen LogP contribution in [0.25, 0.3) is 0 Å². The number of rotatable bonds is 7. The van der Waals surface area contributed by atoms with Crippen molar-refractivity contribution in [1.29, 1.82) is 0 Å². The summed E-state index contributed by atoms with van der Waals surface area (Å²) in [6.45, 7) is 16.5. The van der Waals surface area contributed by atoms with Crippen molar-refractivity contribution in [3.05, 3.63) is 53.9 Å². The Balaban J connectivity index is 1.89. The summed E-state index contributed by atoms with van der Waals surface area (Å²) in [6, 6.07) is 12.4. The second-order valence-electron chi connectivity index (χ2n) is 10.0. The molecule has 0 unspecified atom stereocenters. The van der Waals surface area contributed by atoms with Crippen molar-refractivity contribution in [1.82, 2.24) is 4.57 Å². The lowest BCUT2D eigenvalue weighted by molar-refractivity contribution is -0.149. The monoisotopic (exact) mass is 431 g/mol. The number of methoxy groups -OCH3 is 1. The van der Waals surface area contributed by atoms with Crippen LogP contribution in [-0.2, 0) is 20.4 Å². The first kappa shape index (κ1) is 23.1. The van der Waals surface area contributed by atoms with Crippen LogP contribution in [0.1, 0.15) is 52.0 Å². The van der Waals surface area contributed by atoms with Gasteiger partial charge in [0.15, 0.2) is 14.1 Å². The minimum atomic E-state index is -1.90. The molecular formula is C24H37NO4Si. The van der Waals surface area contributed by atoms with E-state index in [1.54, 1.807) is 7.11 Å². The van der Waals surface area contributed by atoms with Crippen LogP contribution < -0.4 is 4.74 Å². The van der Waals surface area contributed by atoms with E-state index in [0.29, 0.717) is 6.61 Å². The van der Waals surface area contributed by atoms with E-state index in [1.807, 2.05) is 26.0 Å². The topological polar surface area (TPSA) is 41.9 Å². The smallest absolute Gasteiger partial charge is 0.192 e. The average Bonchev–Trinajstić information content (AvgIpc) is 3.19. The van der Waals surface area contributed by atoms with Crippen molar-refractivity contribution in [2.24, 2.45) is 0 Å². The third kappa shape index (κ3) is 4.99. The van der Waals surface area contributed by atoms with Crippen molar-refractivity contribution in [3.63, 3.8) is 0 Å². The molecule has 166 valence electrons. The van der Waals surface area contributed by atoms with Gasteiger partial charge in [0.25, 0.3) is 0 Å². The predicted octanol–water partition coefficient (Wildman–Crippen LogP) is 5.76. The molecule has 5 nitrogen and oxygen atoms in total. The van der Waals surface area contributed by atoms with Crippen LogP contribution in [0.3, 0.4) is 0 Å². The summed E-state index contributed by atoms with van der Waals surface area (Å²) in [7, 11) is -0.201. The number of aromatic nitrogens is 1. The van der Waals surface area contributed by atoms with Crippen LogP contribution in [-0.4, -0.2) is 38.5 Å². The van der Waals surface area contributed by atoms with Crippen molar-refractivity contribution in [2.75, 3.05) is 13.7 Å². The number of hydrogen-bond donors (Lipinski definition) is 0. The summed E-state index contributed by atoms with van der Waals surface area (Å²) < 4.78 is 27.1. The Hall–Kier alpha value is -1.60. The lowest BCUT2D eigenvalue weighted by Gasteiger charge is -2.37. The van der Waals surface area contributed by atoms with E-state index in [2.05, 4.69) is 68.9 Å². The normalized spacial score (nSPS) is 21.7. The van der Waals surface area contributed by atoms with E-state index in [0.717, 1.165) is 18.0 Å². The number of nitrogens with zero attached hydrogens (tertiary/aromatic N) is 1. The van der Waals surface area contributed by atoms with E-state index in [-0.39, 0.29) is 17.2 Å². The summed E-state index contributed by atoms with van der Waals surface area (Å²) in [5, 5.41) is 0.142. The Kier molecular flexibility index (Phi) is 6.53. The molecule has 0 bridgehead atoms. The SMILES string of the molecule is COc1ccn(Cc2ccccc2)c1[C@H]1OC(C)(C)O[C@H]1CO[Si](C)(C)C(C)(C)C. The van der Waals surface area contributed by atoms with Gasteiger partial charge in [-0.15, -0.1) is 0 Å². The van der Waals surface area contributed by atoms with Gasteiger partial charge in [-0.2, -0.15) is 0 Å². The quantitative estimate of drug-likeness (QED) is 0.523. The molecule has 3 rings (SSSR count). The molecule has 2 heterocycles. The maximum atomic E-state index is 6.51. The first-order valence-corrected chi connectivity index (χ1v) is 13.6. The highest BCUT2D eigenvalue weighted by molar-refractivity contribution is 6.74. The van der Waals surface area contributed by atoms with Gasteiger partial charge in [0, 0.05) is 12.7 Å². The predicted molar refractivity (Wildman–Crippen MR) is 122 cm³/mol. The van der Waals surface area contributed by atoms with Gasteiger partial charge in [-0.25, -0.2) is 0 Å². The zero-order chi connectivity index (χ0) is 22.2. The Morgan fingerprint density at radius 2 is 1.73 bits per heavy atom. The second kappa shape index (κ2) is 8.50. The standard InChI is InChI=1S/C24H37NO4Si/c1-23(2,3)30(7,8)27-17-20-22(29-24(4,5)28-20)21-19(26-6)14-15-25(21)16-18-12-10-9-11-13-18/h9-15,20,22H,16-17H2,1-8H3/t20-,22-/m0/s1. The first-order chi connectivity index (χ1) is 13.9. The van der Waals surface area contributed by atoms with E-state index in [4.69, 9.17) is 18.6 Å². The Labute approximate surface area is 182 Å². The van der Waals surface area contributed by atoms with Gasteiger partial charge in [-0.1, -0.05) is 51.1 Å². The Bertz CT molecular complexity index is 839. The molecule has 0 spiro atoms. The lowest BCUT2D eigenvalue weighted by Crippen LogP contribution is -2.43. The maximum absolute atomic E-state index is 6.51. The first-order valence-electron chi connectivity index (χ1n) is 10.7. The van der Waals surface area contributed by atoms with Crippen LogP contribution in [0.4, 0.5) is 0 Å². The van der Waals surface area contributed by atoms with Gasteiger partial charge in [0.1, 0.15) is 18.0 Å². The molecular weight excluding hydrogens is 394 g/mol. The summed E-state index contributed by atoms with van der Waals surface area (Å²) in [5.41, 5.74) is 2.22. The molecule has 0 radical (unpaired) electrons. The minimum absolute atomic E-state index is 0.142. The van der Waals surface area contributed by atoms with E-state index < -0.39 is 14.1 Å².